The molecule has 0 saturated carbocycles. The van der Waals surface area contributed by atoms with E-state index < -0.39 is 10.8 Å². The van der Waals surface area contributed by atoms with Crippen molar-refractivity contribution in [1.82, 2.24) is 0 Å². The average Bonchev–Trinajstić information content (AvgIpc) is 3.56. The maximum absolute atomic E-state index is 13.1. The van der Waals surface area contributed by atoms with E-state index in [2.05, 4.69) is 44.0 Å². The third kappa shape index (κ3) is 6.63. The minimum atomic E-state index is -1.35. The lowest BCUT2D eigenvalue weighted by Gasteiger charge is -2.34. The summed E-state index contributed by atoms with van der Waals surface area (Å²) in [6.07, 6.45) is 0. The number of benzene rings is 5. The van der Waals surface area contributed by atoms with Gasteiger partial charge in [-0.15, -0.1) is 0 Å². The van der Waals surface area contributed by atoms with E-state index in [-0.39, 0.29) is 22.4 Å². The molecule has 0 saturated heterocycles. The summed E-state index contributed by atoms with van der Waals surface area (Å²) in [5.74, 6) is -0.261. The van der Waals surface area contributed by atoms with Gasteiger partial charge in [0.05, 0.1) is 21.1 Å². The van der Waals surface area contributed by atoms with Crippen molar-refractivity contribution in [3.05, 3.63) is 267 Å². The van der Waals surface area contributed by atoms with Gasteiger partial charge in [-0.3, -0.25) is 19.2 Å². The first-order valence-corrected chi connectivity index (χ1v) is 19.7. The second-order valence-electron chi connectivity index (χ2n) is 13.3. The summed E-state index contributed by atoms with van der Waals surface area (Å²) in [4.78, 5) is 52.0. The van der Waals surface area contributed by atoms with Gasteiger partial charge in [0.2, 0.25) is 0 Å². The molecule has 7 aromatic carbocycles. The number of rotatable bonds is 2. The highest BCUT2D eigenvalue weighted by Gasteiger charge is 2.48. The predicted octanol–water partition coefficient (Wildman–Crippen LogP) is 10.1. The molecule has 0 atom stereocenters. The Kier molecular flexibility index (Phi) is 11.4. The van der Waals surface area contributed by atoms with Gasteiger partial charge in [-0.2, -0.15) is 10.5 Å². The third-order valence-corrected chi connectivity index (χ3v) is 11.5. The van der Waals surface area contributed by atoms with Crippen LogP contribution in [0.15, 0.2) is 201 Å². The summed E-state index contributed by atoms with van der Waals surface area (Å²) in [5, 5.41) is 20.7. The van der Waals surface area contributed by atoms with E-state index in [1.54, 1.807) is 146 Å². The quantitative estimate of drug-likeness (QED) is 0.171. The Morgan fingerprint density at radius 1 is 0.328 bits per heavy atom. The lowest BCUT2D eigenvalue weighted by Crippen LogP contribution is -2.39. The van der Waals surface area contributed by atoms with Crippen molar-refractivity contribution in [2.24, 2.45) is 0 Å². The number of carbonyl (C=O) groups excluding carboxylic acids is 2. The Morgan fingerprint density at radius 3 is 0.810 bits per heavy atom. The standard InChI is InChI=1S/2C22H12BrNO2.C6H6/c2*23-19-12-6-5-11-18(21(19)26)22(13-24)16-9-3-1-7-14(16)20(25)15-8-2-4-10-17(15)22;1-2-4-6-5-3-1/h2*1-12H;1-6H. The summed E-state index contributed by atoms with van der Waals surface area (Å²) < 4.78 is 0.748. The van der Waals surface area contributed by atoms with Crippen LogP contribution in [0.2, 0.25) is 0 Å². The number of fused-ring (bicyclic) bond motifs is 4. The normalized spacial score (nSPS) is 13.4. The Hall–Kier alpha value is -6.84. The number of nitrogens with zero attached hydrogens (tertiary/aromatic N) is 2. The van der Waals surface area contributed by atoms with Crippen LogP contribution in [0.5, 0.6) is 0 Å². The summed E-state index contributed by atoms with van der Waals surface area (Å²) in [7, 11) is 0. The van der Waals surface area contributed by atoms with E-state index in [9.17, 15) is 29.7 Å². The van der Waals surface area contributed by atoms with Crippen molar-refractivity contribution in [2.75, 3.05) is 0 Å². The van der Waals surface area contributed by atoms with E-state index in [0.29, 0.717) is 64.6 Å². The second-order valence-corrected chi connectivity index (χ2v) is 15.0. The zero-order valence-corrected chi connectivity index (χ0v) is 33.8. The van der Waals surface area contributed by atoms with Gasteiger partial charge in [-0.05, 0) is 66.2 Å². The lowest BCUT2D eigenvalue weighted by molar-refractivity contribution is 0.102. The molecule has 0 aromatic heterocycles. The molecule has 0 spiro atoms. The smallest absolute Gasteiger partial charge is 0.198 e. The van der Waals surface area contributed by atoms with Crippen LogP contribution in [0.4, 0.5) is 0 Å². The molecular weight excluding hydrogens is 852 g/mol. The zero-order chi connectivity index (χ0) is 40.9. The molecule has 0 radical (unpaired) electrons. The zero-order valence-electron chi connectivity index (χ0n) is 30.6. The first kappa shape index (κ1) is 39.4. The topological polar surface area (TPSA) is 116 Å². The van der Waals surface area contributed by atoms with Crippen LogP contribution in [0.25, 0.3) is 0 Å². The van der Waals surface area contributed by atoms with Gasteiger partial charge in [0.15, 0.2) is 22.4 Å². The van der Waals surface area contributed by atoms with Gasteiger partial charge in [-0.1, -0.05) is 170 Å². The van der Waals surface area contributed by atoms with Crippen molar-refractivity contribution in [2.45, 2.75) is 10.8 Å². The largest absolute Gasteiger partial charge is 0.289 e. The molecule has 58 heavy (non-hydrogen) atoms. The molecule has 0 fully saturated rings. The summed E-state index contributed by atoms with van der Waals surface area (Å²) in [6.45, 7) is 0. The number of carbonyl (C=O) groups is 2. The number of ketones is 2. The average molecular weight is 883 g/mol. The van der Waals surface area contributed by atoms with Crippen molar-refractivity contribution >= 4 is 43.4 Å². The molecule has 9 rings (SSSR count). The van der Waals surface area contributed by atoms with Gasteiger partial charge in [0.1, 0.15) is 10.8 Å². The van der Waals surface area contributed by atoms with E-state index >= 15 is 0 Å². The van der Waals surface area contributed by atoms with Crippen molar-refractivity contribution in [1.29, 1.82) is 10.5 Å². The highest BCUT2D eigenvalue weighted by Crippen LogP contribution is 2.46. The monoisotopic (exact) mass is 880 g/mol. The van der Waals surface area contributed by atoms with Crippen LogP contribution in [-0.4, -0.2) is 11.6 Å². The maximum atomic E-state index is 13.1. The Labute approximate surface area is 351 Å². The van der Waals surface area contributed by atoms with Gasteiger partial charge >= 0.3 is 0 Å². The molecule has 0 amide bonds. The van der Waals surface area contributed by atoms with Crippen molar-refractivity contribution in [3.8, 4) is 12.1 Å². The maximum Gasteiger partial charge on any atom is 0.198 e. The molecule has 0 bridgehead atoms. The van der Waals surface area contributed by atoms with E-state index in [0.717, 1.165) is 0 Å². The molecular formula is C50H30Br2N2O4. The lowest BCUT2D eigenvalue weighted by atomic mass is 9.63. The predicted molar refractivity (Wildman–Crippen MR) is 231 cm³/mol. The molecule has 8 heteroatoms. The molecule has 0 aliphatic heterocycles. The Bertz CT molecular complexity index is 2640. The Morgan fingerprint density at radius 2 is 0.552 bits per heavy atom. The van der Waals surface area contributed by atoms with E-state index in [4.69, 9.17) is 0 Å². The first-order valence-electron chi connectivity index (χ1n) is 18.1. The molecule has 7 aromatic rings. The van der Waals surface area contributed by atoms with E-state index in [1.165, 1.54) is 0 Å². The minimum Gasteiger partial charge on any atom is -0.289 e. The first-order chi connectivity index (χ1) is 28.2. The van der Waals surface area contributed by atoms with Crippen LogP contribution in [0.3, 0.4) is 0 Å². The molecule has 0 heterocycles. The molecule has 6 nitrogen and oxygen atoms in total. The fourth-order valence-corrected chi connectivity index (χ4v) is 8.41. The highest BCUT2D eigenvalue weighted by atomic mass is 79.9. The minimum absolute atomic E-state index is 0.131. The van der Waals surface area contributed by atoms with Crippen molar-refractivity contribution in [3.63, 3.8) is 0 Å². The summed E-state index contributed by atoms with van der Waals surface area (Å²) in [6, 6.07) is 58.4. The molecule has 2 aliphatic carbocycles. The molecule has 2 aliphatic rings. The fourth-order valence-electron chi connectivity index (χ4n) is 7.67. The van der Waals surface area contributed by atoms with Crippen LogP contribution in [-0.2, 0) is 10.8 Å². The van der Waals surface area contributed by atoms with Gasteiger partial charge in [0.25, 0.3) is 0 Å². The van der Waals surface area contributed by atoms with Crippen LogP contribution in [0, 0.1) is 22.7 Å². The molecule has 278 valence electrons. The van der Waals surface area contributed by atoms with Gasteiger partial charge in [-0.25, -0.2) is 0 Å². The fraction of sp³-hybridized carbons (Fsp3) is 0.0400. The van der Waals surface area contributed by atoms with Crippen LogP contribution < -0.4 is 10.9 Å². The van der Waals surface area contributed by atoms with Gasteiger partial charge < -0.3 is 0 Å². The Balaban J connectivity index is 0.000000154. The number of hydrogen-bond donors (Lipinski definition) is 0. The van der Waals surface area contributed by atoms with Gasteiger partial charge in [0, 0.05) is 33.4 Å². The molecule has 0 unspecified atom stereocenters. The summed E-state index contributed by atoms with van der Waals surface area (Å²) >= 11 is 6.60. The SMILES string of the molecule is N#CC1(c2ccccc(Br)c2=O)c2ccccc2C(=O)c2ccccc21.N#CC1(c2ccccc(Br)c2=O)c2ccccc2C(=O)c2ccccc21.c1ccccc1. The highest BCUT2D eigenvalue weighted by molar-refractivity contribution is 9.10. The van der Waals surface area contributed by atoms with Crippen LogP contribution >= 0.6 is 31.9 Å². The van der Waals surface area contributed by atoms with E-state index in [1.807, 2.05) is 36.4 Å². The second kappa shape index (κ2) is 16.7. The number of nitriles is 2. The van der Waals surface area contributed by atoms with Crippen LogP contribution in [0.1, 0.15) is 65.2 Å². The summed E-state index contributed by atoms with van der Waals surface area (Å²) in [5.41, 5.74) is 1.40. The number of halogens is 2. The van der Waals surface area contributed by atoms with Crippen molar-refractivity contribution < 1.29 is 9.59 Å². The number of hydrogen-bond acceptors (Lipinski definition) is 6. The molecule has 0 N–H and O–H groups in total. The third-order valence-electron chi connectivity index (χ3n) is 10.3.